The zero-order chi connectivity index (χ0) is 14.0. The second-order valence-corrected chi connectivity index (χ2v) is 5.25. The number of carbonyl (C=O) groups is 2. The molecule has 0 aromatic heterocycles. The van der Waals surface area contributed by atoms with Gasteiger partial charge in [0.1, 0.15) is 0 Å². The Kier molecular flexibility index (Phi) is 5.72. The Labute approximate surface area is 125 Å². The number of likely N-dealkylation sites (tertiary alicyclic amines) is 1. The number of amides is 1. The van der Waals surface area contributed by atoms with Crippen LogP contribution in [-0.4, -0.2) is 35.7 Å². The number of ketones is 1. The first-order valence-electron chi connectivity index (χ1n) is 6.65. The highest BCUT2D eigenvalue weighted by molar-refractivity contribution is 6.07. The molecule has 1 aliphatic heterocycles. The molecule has 110 valence electrons. The van der Waals surface area contributed by atoms with Crippen LogP contribution in [0.5, 0.6) is 0 Å². The van der Waals surface area contributed by atoms with Crippen molar-refractivity contribution in [3.05, 3.63) is 35.4 Å². The van der Waals surface area contributed by atoms with Crippen LogP contribution in [0.25, 0.3) is 0 Å². The van der Waals surface area contributed by atoms with Crippen LogP contribution in [-0.2, 0) is 0 Å². The van der Waals surface area contributed by atoms with Crippen molar-refractivity contribution in [2.45, 2.75) is 26.3 Å². The summed E-state index contributed by atoms with van der Waals surface area (Å²) in [4.78, 5) is 26.0. The number of halogens is 1. The van der Waals surface area contributed by atoms with Crippen LogP contribution in [0, 0.1) is 5.92 Å². The standard InChI is InChI=1S/C15H20N2O2.ClH/c1-10-7-12(8-16)9-17(10)15(19)14-6-4-3-5-13(14)11(2)18;/h3-6,10,12H,7-9,16H2,1-2H3;1H. The molecule has 5 heteroatoms. The quantitative estimate of drug-likeness (QED) is 0.869. The van der Waals surface area contributed by atoms with Crippen LogP contribution in [0.15, 0.2) is 24.3 Å². The molecular weight excluding hydrogens is 276 g/mol. The molecule has 2 unspecified atom stereocenters. The molecule has 0 spiro atoms. The van der Waals surface area contributed by atoms with Gasteiger partial charge in [0.25, 0.3) is 5.91 Å². The molecule has 2 atom stereocenters. The van der Waals surface area contributed by atoms with Crippen molar-refractivity contribution in [1.29, 1.82) is 0 Å². The van der Waals surface area contributed by atoms with Crippen LogP contribution < -0.4 is 5.73 Å². The van der Waals surface area contributed by atoms with Crippen molar-refractivity contribution in [3.63, 3.8) is 0 Å². The van der Waals surface area contributed by atoms with E-state index < -0.39 is 0 Å². The minimum Gasteiger partial charge on any atom is -0.336 e. The van der Waals surface area contributed by atoms with E-state index in [1.165, 1.54) is 6.92 Å². The van der Waals surface area contributed by atoms with Crippen LogP contribution in [0.1, 0.15) is 41.0 Å². The van der Waals surface area contributed by atoms with Crippen molar-refractivity contribution in [1.82, 2.24) is 4.90 Å². The van der Waals surface area contributed by atoms with Gasteiger partial charge in [-0.15, -0.1) is 12.4 Å². The van der Waals surface area contributed by atoms with Crippen LogP contribution in [0.3, 0.4) is 0 Å². The highest BCUT2D eigenvalue weighted by Crippen LogP contribution is 2.25. The van der Waals surface area contributed by atoms with Crippen molar-refractivity contribution in [3.8, 4) is 0 Å². The van der Waals surface area contributed by atoms with Crippen molar-refractivity contribution >= 4 is 24.1 Å². The average molecular weight is 297 g/mol. The van der Waals surface area contributed by atoms with Crippen LogP contribution in [0.4, 0.5) is 0 Å². The van der Waals surface area contributed by atoms with Gasteiger partial charge in [-0.05, 0) is 38.8 Å². The Hall–Kier alpha value is -1.39. The van der Waals surface area contributed by atoms with Gasteiger partial charge >= 0.3 is 0 Å². The summed E-state index contributed by atoms with van der Waals surface area (Å²) in [5.41, 5.74) is 6.68. The molecule has 1 amide bonds. The number of hydrogen-bond acceptors (Lipinski definition) is 3. The third-order valence-electron chi connectivity index (χ3n) is 3.79. The number of nitrogens with zero attached hydrogens (tertiary/aromatic N) is 1. The van der Waals surface area contributed by atoms with Gasteiger partial charge in [-0.25, -0.2) is 0 Å². The zero-order valence-electron chi connectivity index (χ0n) is 11.8. The van der Waals surface area contributed by atoms with E-state index in [9.17, 15) is 9.59 Å². The number of nitrogens with two attached hydrogens (primary N) is 1. The zero-order valence-corrected chi connectivity index (χ0v) is 12.7. The maximum Gasteiger partial charge on any atom is 0.254 e. The van der Waals surface area contributed by atoms with E-state index in [0.29, 0.717) is 30.1 Å². The lowest BCUT2D eigenvalue weighted by Crippen LogP contribution is -2.35. The third kappa shape index (κ3) is 3.19. The van der Waals surface area contributed by atoms with E-state index in [4.69, 9.17) is 5.73 Å². The Morgan fingerprint density at radius 2 is 1.90 bits per heavy atom. The molecule has 2 rings (SSSR count). The summed E-state index contributed by atoms with van der Waals surface area (Å²) >= 11 is 0. The fourth-order valence-electron chi connectivity index (χ4n) is 2.73. The molecule has 0 aliphatic carbocycles. The smallest absolute Gasteiger partial charge is 0.254 e. The summed E-state index contributed by atoms with van der Waals surface area (Å²) in [7, 11) is 0. The molecular formula is C15H21ClN2O2. The molecule has 20 heavy (non-hydrogen) atoms. The van der Waals surface area contributed by atoms with Crippen molar-refractivity contribution in [2.75, 3.05) is 13.1 Å². The van der Waals surface area contributed by atoms with Gasteiger partial charge in [-0.1, -0.05) is 18.2 Å². The molecule has 1 aliphatic rings. The fraction of sp³-hybridized carbons (Fsp3) is 0.467. The number of rotatable bonds is 3. The Balaban J connectivity index is 0.00000200. The Bertz CT molecular complexity index is 504. The Morgan fingerprint density at radius 1 is 1.30 bits per heavy atom. The summed E-state index contributed by atoms with van der Waals surface area (Å²) in [5.74, 6) is 0.226. The molecule has 1 aromatic carbocycles. The second kappa shape index (κ2) is 6.86. The number of benzene rings is 1. The van der Waals surface area contributed by atoms with E-state index >= 15 is 0 Å². The minimum absolute atomic E-state index is 0. The molecule has 0 saturated carbocycles. The fourth-order valence-corrected chi connectivity index (χ4v) is 2.73. The predicted octanol–water partition coefficient (Wildman–Crippen LogP) is 2.12. The van der Waals surface area contributed by atoms with E-state index in [1.807, 2.05) is 11.8 Å². The first kappa shape index (κ1) is 16.7. The minimum atomic E-state index is -0.0776. The summed E-state index contributed by atoms with van der Waals surface area (Å²) in [5, 5.41) is 0. The van der Waals surface area contributed by atoms with Crippen molar-refractivity contribution in [2.24, 2.45) is 11.7 Å². The summed E-state index contributed by atoms with van der Waals surface area (Å²) in [6, 6.07) is 7.18. The van der Waals surface area contributed by atoms with Gasteiger partial charge in [-0.3, -0.25) is 9.59 Å². The highest BCUT2D eigenvalue weighted by Gasteiger charge is 2.33. The maximum atomic E-state index is 12.6. The normalized spacial score (nSPS) is 21.4. The third-order valence-corrected chi connectivity index (χ3v) is 3.79. The lowest BCUT2D eigenvalue weighted by molar-refractivity contribution is 0.0738. The van der Waals surface area contributed by atoms with Crippen LogP contribution in [0.2, 0.25) is 0 Å². The van der Waals surface area contributed by atoms with E-state index in [-0.39, 0.29) is 30.1 Å². The number of Topliss-reactive ketones (excluding diaryl/α,β-unsaturated/α-hetero) is 1. The molecule has 0 bridgehead atoms. The lowest BCUT2D eigenvalue weighted by Gasteiger charge is -2.22. The number of carbonyl (C=O) groups excluding carboxylic acids is 2. The molecule has 1 heterocycles. The van der Waals surface area contributed by atoms with Gasteiger partial charge in [0.05, 0.1) is 5.56 Å². The molecule has 1 saturated heterocycles. The first-order valence-corrected chi connectivity index (χ1v) is 6.65. The molecule has 2 N–H and O–H groups in total. The maximum absolute atomic E-state index is 12.6. The summed E-state index contributed by atoms with van der Waals surface area (Å²) < 4.78 is 0. The van der Waals surface area contributed by atoms with Gasteiger partial charge in [-0.2, -0.15) is 0 Å². The van der Waals surface area contributed by atoms with E-state index in [0.717, 1.165) is 6.42 Å². The molecule has 4 nitrogen and oxygen atoms in total. The van der Waals surface area contributed by atoms with Gasteiger partial charge < -0.3 is 10.6 Å². The van der Waals surface area contributed by atoms with Gasteiger partial charge in [0.2, 0.25) is 0 Å². The highest BCUT2D eigenvalue weighted by atomic mass is 35.5. The molecule has 1 aromatic rings. The average Bonchev–Trinajstić information content (AvgIpc) is 2.79. The second-order valence-electron chi connectivity index (χ2n) is 5.25. The predicted molar refractivity (Wildman–Crippen MR) is 81.4 cm³/mol. The van der Waals surface area contributed by atoms with Gasteiger partial charge in [0.15, 0.2) is 5.78 Å². The first-order chi connectivity index (χ1) is 9.04. The molecule has 0 radical (unpaired) electrons. The number of hydrogen-bond donors (Lipinski definition) is 1. The summed E-state index contributed by atoms with van der Waals surface area (Å²) in [6.45, 7) is 4.80. The van der Waals surface area contributed by atoms with Crippen molar-refractivity contribution < 1.29 is 9.59 Å². The lowest BCUT2D eigenvalue weighted by atomic mass is 10.0. The van der Waals surface area contributed by atoms with Gasteiger partial charge in [0, 0.05) is 18.2 Å². The SMILES string of the molecule is CC(=O)c1ccccc1C(=O)N1CC(CN)CC1C.Cl. The monoisotopic (exact) mass is 296 g/mol. The molecule has 1 fully saturated rings. The van der Waals surface area contributed by atoms with E-state index in [2.05, 4.69) is 0 Å². The Morgan fingerprint density at radius 3 is 2.40 bits per heavy atom. The summed E-state index contributed by atoms with van der Waals surface area (Å²) in [6.07, 6.45) is 0.935. The largest absolute Gasteiger partial charge is 0.336 e. The topological polar surface area (TPSA) is 63.4 Å². The van der Waals surface area contributed by atoms with Crippen LogP contribution >= 0.6 is 12.4 Å². The van der Waals surface area contributed by atoms with E-state index in [1.54, 1.807) is 24.3 Å².